The van der Waals surface area contributed by atoms with Gasteiger partial charge in [0.25, 0.3) is 0 Å². The number of hydrogen-bond donors (Lipinski definition) is 1. The number of amides is 2. The van der Waals surface area contributed by atoms with Crippen LogP contribution < -0.4 is 5.32 Å². The molecule has 4 unspecified atom stereocenters. The van der Waals surface area contributed by atoms with Crippen LogP contribution in [0.1, 0.15) is 34.6 Å². The van der Waals surface area contributed by atoms with E-state index >= 15 is 0 Å². The number of rotatable bonds is 0. The van der Waals surface area contributed by atoms with Crippen LogP contribution in [0, 0.1) is 28.6 Å². The molecule has 0 aromatic heterocycles. The third-order valence-corrected chi connectivity index (χ3v) is 6.41. The molecule has 0 aromatic carbocycles. The lowest BCUT2D eigenvalue weighted by molar-refractivity contribution is -0.128. The SMILES string of the molecule is CC1=C(C)C2(C)C3C(=O)NC(=O)C3C1(C)C2C. The molecular weight excluding hydrogens is 214 g/mol. The largest absolute Gasteiger partial charge is 0.296 e. The van der Waals surface area contributed by atoms with Crippen LogP contribution in [0.3, 0.4) is 0 Å². The molecule has 17 heavy (non-hydrogen) atoms. The van der Waals surface area contributed by atoms with Crippen molar-refractivity contribution in [2.45, 2.75) is 34.6 Å². The van der Waals surface area contributed by atoms with Gasteiger partial charge in [0, 0.05) is 10.8 Å². The lowest BCUT2D eigenvalue weighted by atomic mass is 9.66. The van der Waals surface area contributed by atoms with E-state index in [1.807, 2.05) is 0 Å². The first kappa shape index (κ1) is 11.0. The minimum atomic E-state index is -0.154. The van der Waals surface area contributed by atoms with E-state index in [-0.39, 0.29) is 34.5 Å². The van der Waals surface area contributed by atoms with Crippen molar-refractivity contribution in [1.82, 2.24) is 5.32 Å². The van der Waals surface area contributed by atoms with Crippen LogP contribution in [0.25, 0.3) is 0 Å². The fourth-order valence-electron chi connectivity index (χ4n) is 4.90. The average molecular weight is 233 g/mol. The van der Waals surface area contributed by atoms with Gasteiger partial charge in [-0.3, -0.25) is 14.9 Å². The quantitative estimate of drug-likeness (QED) is 0.513. The summed E-state index contributed by atoms with van der Waals surface area (Å²) in [5, 5.41) is 2.53. The molecule has 4 atom stereocenters. The maximum Gasteiger partial charge on any atom is 0.231 e. The van der Waals surface area contributed by atoms with E-state index in [4.69, 9.17) is 0 Å². The highest BCUT2D eigenvalue weighted by molar-refractivity contribution is 6.07. The lowest BCUT2D eigenvalue weighted by Gasteiger charge is -2.34. The molecule has 1 N–H and O–H groups in total. The van der Waals surface area contributed by atoms with Crippen LogP contribution in [0.5, 0.6) is 0 Å². The predicted molar refractivity (Wildman–Crippen MR) is 63.9 cm³/mol. The summed E-state index contributed by atoms with van der Waals surface area (Å²) >= 11 is 0. The molecule has 1 saturated heterocycles. The van der Waals surface area contributed by atoms with Crippen LogP contribution in [-0.2, 0) is 9.59 Å². The zero-order valence-corrected chi connectivity index (χ0v) is 11.0. The van der Waals surface area contributed by atoms with E-state index in [0.29, 0.717) is 5.92 Å². The highest BCUT2D eigenvalue weighted by Gasteiger charge is 2.73. The fraction of sp³-hybridized carbons (Fsp3) is 0.714. The molecule has 92 valence electrons. The highest BCUT2D eigenvalue weighted by atomic mass is 16.2. The number of allylic oxidation sites excluding steroid dienone is 2. The summed E-state index contributed by atoms with van der Waals surface area (Å²) in [4.78, 5) is 24.1. The van der Waals surface area contributed by atoms with Gasteiger partial charge in [0.1, 0.15) is 0 Å². The van der Waals surface area contributed by atoms with Crippen LogP contribution in [-0.4, -0.2) is 11.8 Å². The monoisotopic (exact) mass is 233 g/mol. The summed E-state index contributed by atoms with van der Waals surface area (Å²) in [6.07, 6.45) is 0. The van der Waals surface area contributed by atoms with Gasteiger partial charge in [-0.1, -0.05) is 31.9 Å². The van der Waals surface area contributed by atoms with Gasteiger partial charge >= 0.3 is 0 Å². The standard InChI is InChI=1S/C14H19NO2/c1-6-7(2)14(5)8(3)13(6,4)9-10(14)12(17)15-11(9)16/h8-10H,1-5H3,(H,15,16,17). The highest BCUT2D eigenvalue weighted by Crippen LogP contribution is 2.73. The van der Waals surface area contributed by atoms with E-state index in [0.717, 1.165) is 0 Å². The fourth-order valence-corrected chi connectivity index (χ4v) is 4.90. The normalized spacial score (nSPS) is 52.2. The number of carbonyl (C=O) groups is 2. The van der Waals surface area contributed by atoms with Crippen LogP contribution in [0.15, 0.2) is 11.1 Å². The van der Waals surface area contributed by atoms with Gasteiger partial charge in [0.15, 0.2) is 0 Å². The van der Waals surface area contributed by atoms with Crippen molar-refractivity contribution >= 4 is 11.8 Å². The Morgan fingerprint density at radius 2 is 1.29 bits per heavy atom. The summed E-state index contributed by atoms with van der Waals surface area (Å²) in [5.74, 6) is -0.0766. The van der Waals surface area contributed by atoms with Crippen molar-refractivity contribution in [3.8, 4) is 0 Å². The first-order valence-electron chi connectivity index (χ1n) is 6.30. The summed E-state index contributed by atoms with van der Waals surface area (Å²) in [6, 6.07) is 0. The molecule has 0 radical (unpaired) electrons. The smallest absolute Gasteiger partial charge is 0.231 e. The summed E-state index contributed by atoms with van der Waals surface area (Å²) < 4.78 is 0. The Morgan fingerprint density at radius 3 is 1.65 bits per heavy atom. The third kappa shape index (κ3) is 0.820. The molecule has 3 heteroatoms. The molecule has 1 heterocycles. The van der Waals surface area contributed by atoms with E-state index < -0.39 is 0 Å². The minimum Gasteiger partial charge on any atom is -0.296 e. The molecule has 3 nitrogen and oxygen atoms in total. The lowest BCUT2D eigenvalue weighted by Crippen LogP contribution is -2.35. The predicted octanol–water partition coefficient (Wildman–Crippen LogP) is 1.89. The van der Waals surface area contributed by atoms with Crippen molar-refractivity contribution in [3.63, 3.8) is 0 Å². The number of fused-ring (bicyclic) bond motifs is 5. The Kier molecular flexibility index (Phi) is 1.72. The van der Waals surface area contributed by atoms with E-state index in [1.54, 1.807) is 0 Å². The zero-order valence-electron chi connectivity index (χ0n) is 11.0. The van der Waals surface area contributed by atoms with Crippen LogP contribution >= 0.6 is 0 Å². The van der Waals surface area contributed by atoms with Gasteiger partial charge in [-0.25, -0.2) is 0 Å². The maximum absolute atomic E-state index is 12.0. The Balaban J connectivity index is 2.30. The van der Waals surface area contributed by atoms with Crippen molar-refractivity contribution < 1.29 is 9.59 Å². The second kappa shape index (κ2) is 2.65. The average Bonchev–Trinajstić information content (AvgIpc) is 2.71. The molecule has 0 spiro atoms. The molecule has 2 bridgehead atoms. The maximum atomic E-state index is 12.0. The molecule has 3 aliphatic rings. The number of hydrogen-bond acceptors (Lipinski definition) is 2. The molecular formula is C14H19NO2. The molecule has 2 aliphatic carbocycles. The first-order chi connectivity index (χ1) is 7.77. The second-order valence-electron chi connectivity index (χ2n) is 6.35. The number of imide groups is 1. The van der Waals surface area contributed by atoms with Gasteiger partial charge in [0.2, 0.25) is 11.8 Å². The summed E-state index contributed by atoms with van der Waals surface area (Å²) in [6.45, 7) is 10.8. The van der Waals surface area contributed by atoms with Crippen LogP contribution in [0.4, 0.5) is 0 Å². The Labute approximate surface area is 102 Å². The number of nitrogens with one attached hydrogen (secondary N) is 1. The molecule has 2 fully saturated rings. The van der Waals surface area contributed by atoms with Crippen molar-refractivity contribution in [1.29, 1.82) is 0 Å². The molecule has 3 rings (SSSR count). The van der Waals surface area contributed by atoms with Gasteiger partial charge < -0.3 is 0 Å². The van der Waals surface area contributed by atoms with E-state index in [9.17, 15) is 9.59 Å². The second-order valence-corrected chi connectivity index (χ2v) is 6.35. The topological polar surface area (TPSA) is 46.2 Å². The third-order valence-electron chi connectivity index (χ3n) is 6.41. The minimum absolute atomic E-state index is 0.0649. The molecule has 0 aromatic rings. The first-order valence-corrected chi connectivity index (χ1v) is 6.30. The zero-order chi connectivity index (χ0) is 12.7. The van der Waals surface area contributed by atoms with Crippen molar-refractivity contribution in [2.75, 3.05) is 0 Å². The Hall–Kier alpha value is -1.12. The number of carbonyl (C=O) groups excluding carboxylic acids is 2. The molecule has 2 amide bonds. The van der Waals surface area contributed by atoms with Gasteiger partial charge in [-0.05, 0) is 19.8 Å². The van der Waals surface area contributed by atoms with Gasteiger partial charge in [-0.15, -0.1) is 0 Å². The van der Waals surface area contributed by atoms with Gasteiger partial charge in [0.05, 0.1) is 11.8 Å². The Bertz CT molecular complexity index is 450. The van der Waals surface area contributed by atoms with Crippen molar-refractivity contribution in [3.05, 3.63) is 11.1 Å². The molecule has 1 saturated carbocycles. The van der Waals surface area contributed by atoms with E-state index in [2.05, 4.69) is 39.9 Å². The van der Waals surface area contributed by atoms with Crippen LogP contribution in [0.2, 0.25) is 0 Å². The summed E-state index contributed by atoms with van der Waals surface area (Å²) in [7, 11) is 0. The summed E-state index contributed by atoms with van der Waals surface area (Å²) in [5.41, 5.74) is 2.36. The molecule has 1 aliphatic heterocycles. The van der Waals surface area contributed by atoms with Crippen molar-refractivity contribution in [2.24, 2.45) is 28.6 Å². The Morgan fingerprint density at radius 1 is 0.941 bits per heavy atom. The van der Waals surface area contributed by atoms with Gasteiger partial charge in [-0.2, -0.15) is 0 Å². The van der Waals surface area contributed by atoms with E-state index in [1.165, 1.54) is 11.1 Å².